The molecule has 0 saturated carbocycles. The molecule has 0 aliphatic carbocycles. The van der Waals surface area contributed by atoms with Crippen molar-refractivity contribution < 1.29 is 15.0 Å². The lowest BCUT2D eigenvalue weighted by molar-refractivity contribution is -0.144. The van der Waals surface area contributed by atoms with Gasteiger partial charge in [-0.25, -0.2) is 4.79 Å². The average molecular weight is 226 g/mol. The maximum Gasteiger partial charge on any atom is 0.337 e. The van der Waals surface area contributed by atoms with Gasteiger partial charge in [0.1, 0.15) is 0 Å². The van der Waals surface area contributed by atoms with Crippen LogP contribution in [0.15, 0.2) is 17.4 Å². The van der Waals surface area contributed by atoms with Gasteiger partial charge in [0.2, 0.25) is 0 Å². The standard InChI is InChI=1S/C13H22O3/c1-3-5-6-7-8-10-11(9-4-2)12(14)13(15)16/h4,12,14H,3,5-8,10H2,1-2H3,(H,15,16)/t9?,12-/m1/s1. The summed E-state index contributed by atoms with van der Waals surface area (Å²) in [5, 5.41) is 18.1. The van der Waals surface area contributed by atoms with E-state index in [1.165, 1.54) is 19.3 Å². The molecule has 0 aromatic carbocycles. The Morgan fingerprint density at radius 3 is 2.44 bits per heavy atom. The molecule has 1 atom stereocenters. The highest BCUT2D eigenvalue weighted by atomic mass is 16.4. The van der Waals surface area contributed by atoms with Crippen molar-refractivity contribution in [3.63, 3.8) is 0 Å². The van der Waals surface area contributed by atoms with Crippen LogP contribution in [0.25, 0.3) is 0 Å². The van der Waals surface area contributed by atoms with E-state index in [4.69, 9.17) is 5.11 Å². The molecule has 0 heterocycles. The zero-order valence-corrected chi connectivity index (χ0v) is 10.2. The van der Waals surface area contributed by atoms with Gasteiger partial charge in [-0.3, -0.25) is 0 Å². The molecule has 0 saturated heterocycles. The van der Waals surface area contributed by atoms with E-state index in [0.29, 0.717) is 12.0 Å². The zero-order chi connectivity index (χ0) is 12.4. The van der Waals surface area contributed by atoms with Crippen LogP contribution in [0, 0.1) is 0 Å². The van der Waals surface area contributed by atoms with E-state index in [1.807, 2.05) is 0 Å². The number of rotatable bonds is 8. The van der Waals surface area contributed by atoms with E-state index in [9.17, 15) is 9.90 Å². The number of aliphatic carboxylic acids is 1. The molecule has 0 aromatic heterocycles. The molecule has 0 bridgehead atoms. The quantitative estimate of drug-likeness (QED) is 0.494. The number of hydrogen-bond acceptors (Lipinski definition) is 2. The van der Waals surface area contributed by atoms with E-state index in [-0.39, 0.29) is 0 Å². The molecule has 0 aliphatic heterocycles. The number of aliphatic hydroxyl groups is 1. The minimum Gasteiger partial charge on any atom is -0.479 e. The predicted octanol–water partition coefficient (Wildman–Crippen LogP) is 2.89. The predicted molar refractivity (Wildman–Crippen MR) is 64.3 cm³/mol. The molecule has 0 fully saturated rings. The van der Waals surface area contributed by atoms with E-state index < -0.39 is 12.1 Å². The van der Waals surface area contributed by atoms with Gasteiger partial charge in [0.05, 0.1) is 0 Å². The summed E-state index contributed by atoms with van der Waals surface area (Å²) in [5.41, 5.74) is 3.29. The molecule has 16 heavy (non-hydrogen) atoms. The van der Waals surface area contributed by atoms with Gasteiger partial charge >= 0.3 is 5.97 Å². The van der Waals surface area contributed by atoms with Crippen molar-refractivity contribution in [3.8, 4) is 0 Å². The van der Waals surface area contributed by atoms with Crippen molar-refractivity contribution in [1.29, 1.82) is 0 Å². The first-order chi connectivity index (χ1) is 7.63. The highest BCUT2D eigenvalue weighted by Gasteiger charge is 2.17. The molecule has 0 unspecified atom stereocenters. The summed E-state index contributed by atoms with van der Waals surface area (Å²) < 4.78 is 0. The van der Waals surface area contributed by atoms with Crippen molar-refractivity contribution in [2.45, 2.75) is 58.5 Å². The summed E-state index contributed by atoms with van der Waals surface area (Å²) in [4.78, 5) is 10.6. The lowest BCUT2D eigenvalue weighted by Crippen LogP contribution is -2.21. The van der Waals surface area contributed by atoms with Gasteiger partial charge in [0.25, 0.3) is 0 Å². The Balaban J connectivity index is 4.07. The first kappa shape index (κ1) is 14.9. The second-order valence-corrected chi connectivity index (χ2v) is 3.86. The van der Waals surface area contributed by atoms with Crippen LogP contribution in [-0.4, -0.2) is 22.3 Å². The summed E-state index contributed by atoms with van der Waals surface area (Å²) in [6.07, 6.45) is 6.43. The zero-order valence-electron chi connectivity index (χ0n) is 10.2. The summed E-state index contributed by atoms with van der Waals surface area (Å²) >= 11 is 0. The number of carboxylic acid groups (broad SMARTS) is 1. The SMILES string of the molecule is CC=C=C(CCCCCCC)[C@@H](O)C(=O)O. The lowest BCUT2D eigenvalue weighted by Gasteiger charge is -2.08. The van der Waals surface area contributed by atoms with Crippen LogP contribution in [0.5, 0.6) is 0 Å². The maximum atomic E-state index is 10.6. The fraction of sp³-hybridized carbons (Fsp3) is 0.692. The first-order valence-electron chi connectivity index (χ1n) is 5.94. The van der Waals surface area contributed by atoms with Crippen LogP contribution in [0.4, 0.5) is 0 Å². The maximum absolute atomic E-state index is 10.6. The highest BCUT2D eigenvalue weighted by Crippen LogP contribution is 2.13. The van der Waals surface area contributed by atoms with E-state index in [2.05, 4.69) is 12.7 Å². The number of hydrogen-bond donors (Lipinski definition) is 2. The van der Waals surface area contributed by atoms with Crippen LogP contribution >= 0.6 is 0 Å². The number of carboxylic acids is 1. The summed E-state index contributed by atoms with van der Waals surface area (Å²) in [6.45, 7) is 3.92. The van der Waals surface area contributed by atoms with Crippen molar-refractivity contribution in [1.82, 2.24) is 0 Å². The van der Waals surface area contributed by atoms with Gasteiger partial charge < -0.3 is 10.2 Å². The molecule has 0 rings (SSSR count). The molecule has 0 aliphatic rings. The molecule has 2 N–H and O–H groups in total. The minimum atomic E-state index is -1.40. The first-order valence-corrected chi connectivity index (χ1v) is 5.94. The smallest absolute Gasteiger partial charge is 0.337 e. The van der Waals surface area contributed by atoms with Gasteiger partial charge in [0.15, 0.2) is 6.10 Å². The van der Waals surface area contributed by atoms with Crippen molar-refractivity contribution >= 4 is 5.97 Å². The summed E-state index contributed by atoms with van der Waals surface area (Å²) in [7, 11) is 0. The van der Waals surface area contributed by atoms with E-state index in [1.54, 1.807) is 13.0 Å². The minimum absolute atomic E-state index is 0.478. The third kappa shape index (κ3) is 6.44. The van der Waals surface area contributed by atoms with E-state index in [0.717, 1.165) is 12.8 Å². The van der Waals surface area contributed by atoms with Crippen LogP contribution in [0.1, 0.15) is 52.4 Å². The summed E-state index contributed by atoms with van der Waals surface area (Å²) in [5.74, 6) is -1.20. The number of unbranched alkanes of at least 4 members (excludes halogenated alkanes) is 4. The second-order valence-electron chi connectivity index (χ2n) is 3.86. The Bertz CT molecular complexity index is 262. The fourth-order valence-electron chi connectivity index (χ4n) is 1.54. The number of carbonyl (C=O) groups is 1. The topological polar surface area (TPSA) is 57.5 Å². The Morgan fingerprint density at radius 2 is 1.94 bits per heavy atom. The van der Waals surface area contributed by atoms with Crippen LogP contribution in [0.3, 0.4) is 0 Å². The van der Waals surface area contributed by atoms with Gasteiger partial charge in [-0.1, -0.05) is 32.6 Å². The Morgan fingerprint density at radius 1 is 1.31 bits per heavy atom. The van der Waals surface area contributed by atoms with Crippen molar-refractivity contribution in [2.24, 2.45) is 0 Å². The largest absolute Gasteiger partial charge is 0.479 e. The normalized spacial score (nSPS) is 11.7. The monoisotopic (exact) mass is 226 g/mol. The highest BCUT2D eigenvalue weighted by molar-refractivity contribution is 5.75. The van der Waals surface area contributed by atoms with Crippen LogP contribution < -0.4 is 0 Å². The average Bonchev–Trinajstić information content (AvgIpc) is 2.26. The third-order valence-corrected chi connectivity index (χ3v) is 2.44. The second kappa shape index (κ2) is 9.20. The molecular formula is C13H22O3. The van der Waals surface area contributed by atoms with Crippen LogP contribution in [0.2, 0.25) is 0 Å². The van der Waals surface area contributed by atoms with Gasteiger partial charge in [-0.05, 0) is 25.8 Å². The molecule has 0 radical (unpaired) electrons. The van der Waals surface area contributed by atoms with E-state index >= 15 is 0 Å². The molecule has 3 heteroatoms. The number of aliphatic hydroxyl groups excluding tert-OH is 1. The van der Waals surface area contributed by atoms with Crippen molar-refractivity contribution in [3.05, 3.63) is 17.4 Å². The Labute approximate surface area is 97.5 Å². The summed E-state index contributed by atoms with van der Waals surface area (Å²) in [6, 6.07) is 0. The molecule has 0 aromatic rings. The van der Waals surface area contributed by atoms with Gasteiger partial charge in [-0.15, -0.1) is 5.73 Å². The Hall–Kier alpha value is -1.05. The molecular weight excluding hydrogens is 204 g/mol. The molecule has 92 valence electrons. The van der Waals surface area contributed by atoms with Gasteiger partial charge in [-0.2, -0.15) is 0 Å². The lowest BCUT2D eigenvalue weighted by atomic mass is 10.0. The van der Waals surface area contributed by atoms with Gasteiger partial charge in [0, 0.05) is 5.57 Å². The molecule has 3 nitrogen and oxygen atoms in total. The Kier molecular flexibility index (Phi) is 8.59. The third-order valence-electron chi connectivity index (χ3n) is 2.44. The molecule has 0 amide bonds. The fourth-order valence-corrected chi connectivity index (χ4v) is 1.54. The van der Waals surface area contributed by atoms with Crippen LogP contribution in [-0.2, 0) is 4.79 Å². The molecule has 0 spiro atoms. The van der Waals surface area contributed by atoms with Crippen molar-refractivity contribution in [2.75, 3.05) is 0 Å².